The molecule has 1 unspecified atom stereocenters. The molecule has 1 aromatic carbocycles. The van der Waals surface area contributed by atoms with Crippen LogP contribution in [0.4, 0.5) is 0 Å². The molecule has 0 amide bonds. The minimum absolute atomic E-state index is 0.161. The Balaban J connectivity index is 2.34. The first kappa shape index (κ1) is 14.4. The lowest BCUT2D eigenvalue weighted by Gasteiger charge is -2.30. The maximum Gasteiger partial charge on any atom is 0.334 e. The van der Waals surface area contributed by atoms with Crippen molar-refractivity contribution < 1.29 is 9.90 Å². The van der Waals surface area contributed by atoms with Crippen LogP contribution in [-0.2, 0) is 4.79 Å². The predicted molar refractivity (Wildman–Crippen MR) is 80.3 cm³/mol. The molecule has 0 fully saturated rings. The third-order valence-corrected chi connectivity index (χ3v) is 3.73. The third-order valence-electron chi connectivity index (χ3n) is 3.73. The second-order valence-electron chi connectivity index (χ2n) is 5.08. The fourth-order valence-electron chi connectivity index (χ4n) is 2.57. The van der Waals surface area contributed by atoms with Gasteiger partial charge in [0.15, 0.2) is 0 Å². The van der Waals surface area contributed by atoms with Crippen molar-refractivity contribution in [3.63, 3.8) is 0 Å². The molecule has 2 rings (SSSR count). The number of carboxylic acids is 1. The van der Waals surface area contributed by atoms with Crippen LogP contribution >= 0.6 is 0 Å². The summed E-state index contributed by atoms with van der Waals surface area (Å²) in [7, 11) is 0. The first-order valence-corrected chi connectivity index (χ1v) is 7.09. The highest BCUT2D eigenvalue weighted by Gasteiger charge is 2.27. The van der Waals surface area contributed by atoms with Gasteiger partial charge in [-0.25, -0.2) is 4.79 Å². The van der Waals surface area contributed by atoms with Crippen molar-refractivity contribution in [1.29, 1.82) is 0 Å². The van der Waals surface area contributed by atoms with Crippen LogP contribution in [0, 0.1) is 0 Å². The molecule has 1 heterocycles. The molecule has 1 N–H and O–H groups in total. The Morgan fingerprint density at radius 2 is 2.00 bits per heavy atom. The van der Waals surface area contributed by atoms with E-state index in [0.717, 1.165) is 30.6 Å². The molecule has 3 nitrogen and oxygen atoms in total. The predicted octanol–water partition coefficient (Wildman–Crippen LogP) is 3.76. The van der Waals surface area contributed by atoms with Crippen molar-refractivity contribution >= 4 is 5.97 Å². The summed E-state index contributed by atoms with van der Waals surface area (Å²) in [5, 5.41) is 9.57. The van der Waals surface area contributed by atoms with Gasteiger partial charge >= 0.3 is 5.97 Å². The van der Waals surface area contributed by atoms with Crippen molar-refractivity contribution in [2.45, 2.75) is 32.6 Å². The van der Waals surface area contributed by atoms with Crippen LogP contribution in [0.5, 0.6) is 0 Å². The molecule has 0 saturated heterocycles. The summed E-state index contributed by atoms with van der Waals surface area (Å²) in [6.45, 7) is 4.91. The van der Waals surface area contributed by atoms with E-state index in [9.17, 15) is 9.90 Å². The molecule has 1 aliphatic rings. The first-order valence-electron chi connectivity index (χ1n) is 7.09. The van der Waals surface area contributed by atoms with Crippen molar-refractivity contribution in [2.75, 3.05) is 6.54 Å². The summed E-state index contributed by atoms with van der Waals surface area (Å²) in [6.07, 6.45) is 6.17. The average Bonchev–Trinajstić information content (AvgIpc) is 2.46. The second-order valence-corrected chi connectivity index (χ2v) is 5.08. The van der Waals surface area contributed by atoms with Crippen LogP contribution in [0.15, 0.2) is 53.9 Å². The first-order chi connectivity index (χ1) is 9.65. The summed E-state index contributed by atoms with van der Waals surface area (Å²) in [5.41, 5.74) is 2.35. The molecule has 0 aromatic heterocycles. The van der Waals surface area contributed by atoms with Gasteiger partial charge in [-0.2, -0.15) is 0 Å². The Labute approximate surface area is 120 Å². The van der Waals surface area contributed by atoms with Crippen LogP contribution < -0.4 is 0 Å². The van der Waals surface area contributed by atoms with E-state index >= 15 is 0 Å². The van der Waals surface area contributed by atoms with E-state index in [0.29, 0.717) is 5.57 Å². The van der Waals surface area contributed by atoms with E-state index in [4.69, 9.17) is 0 Å². The maximum absolute atomic E-state index is 11.6. The number of allylic oxidation sites excluding steroid dienone is 2. The number of nitrogens with zero attached hydrogens (tertiary/aromatic N) is 1. The van der Waals surface area contributed by atoms with E-state index in [1.807, 2.05) is 54.4 Å². The van der Waals surface area contributed by atoms with Crippen LogP contribution in [0.3, 0.4) is 0 Å². The Morgan fingerprint density at radius 1 is 1.30 bits per heavy atom. The van der Waals surface area contributed by atoms with Crippen LogP contribution in [0.2, 0.25) is 0 Å². The molecule has 0 saturated carbocycles. The molecule has 3 heteroatoms. The fraction of sp³-hybridized carbons (Fsp3) is 0.353. The lowest BCUT2D eigenvalue weighted by atomic mass is 9.87. The van der Waals surface area contributed by atoms with Crippen LogP contribution in [0.1, 0.15) is 38.2 Å². The molecular formula is C17H21NO2. The molecule has 0 bridgehead atoms. The van der Waals surface area contributed by atoms with Gasteiger partial charge in [0.25, 0.3) is 0 Å². The largest absolute Gasteiger partial charge is 0.478 e. The summed E-state index contributed by atoms with van der Waals surface area (Å²) in [6, 6.07) is 9.79. The van der Waals surface area contributed by atoms with Crippen molar-refractivity contribution in [3.8, 4) is 0 Å². The van der Waals surface area contributed by atoms with Gasteiger partial charge in [0.2, 0.25) is 0 Å². The quantitative estimate of drug-likeness (QED) is 0.886. The Kier molecular flexibility index (Phi) is 4.61. The van der Waals surface area contributed by atoms with Gasteiger partial charge in [-0.1, -0.05) is 49.8 Å². The molecule has 1 aromatic rings. The summed E-state index contributed by atoms with van der Waals surface area (Å²) >= 11 is 0. The zero-order valence-electron chi connectivity index (χ0n) is 12.0. The van der Waals surface area contributed by atoms with Crippen molar-refractivity contribution in [3.05, 3.63) is 59.4 Å². The standard InChI is InChI=1S/C17H21NO2/c1-3-4-11-18-12-10-15(14-8-6-5-7-9-14)16(13(18)2)17(19)20/h5-10,12,15H,3-4,11H2,1-2H3,(H,19,20). The van der Waals surface area contributed by atoms with E-state index < -0.39 is 5.97 Å². The Morgan fingerprint density at radius 3 is 2.60 bits per heavy atom. The van der Waals surface area contributed by atoms with E-state index in [2.05, 4.69) is 6.92 Å². The van der Waals surface area contributed by atoms with Gasteiger partial charge < -0.3 is 10.0 Å². The van der Waals surface area contributed by atoms with Crippen molar-refractivity contribution in [1.82, 2.24) is 4.90 Å². The average molecular weight is 271 g/mol. The summed E-state index contributed by atoms with van der Waals surface area (Å²) in [4.78, 5) is 13.7. The number of hydrogen-bond donors (Lipinski definition) is 1. The smallest absolute Gasteiger partial charge is 0.334 e. The molecule has 0 aliphatic carbocycles. The van der Waals surface area contributed by atoms with E-state index in [1.165, 1.54) is 0 Å². The minimum Gasteiger partial charge on any atom is -0.478 e. The van der Waals surface area contributed by atoms with Gasteiger partial charge in [-0.3, -0.25) is 0 Å². The number of rotatable bonds is 5. The molecule has 0 radical (unpaired) electrons. The van der Waals surface area contributed by atoms with Crippen molar-refractivity contribution in [2.24, 2.45) is 0 Å². The molecule has 1 aliphatic heterocycles. The highest BCUT2D eigenvalue weighted by atomic mass is 16.4. The number of benzene rings is 1. The molecule has 1 atom stereocenters. The van der Waals surface area contributed by atoms with Gasteiger partial charge in [0.05, 0.1) is 5.57 Å². The summed E-state index contributed by atoms with van der Waals surface area (Å²) in [5.74, 6) is -0.992. The highest BCUT2D eigenvalue weighted by molar-refractivity contribution is 5.90. The molecule has 106 valence electrons. The van der Waals surface area contributed by atoms with Gasteiger partial charge in [-0.05, 0) is 18.9 Å². The van der Waals surface area contributed by atoms with Gasteiger partial charge in [-0.15, -0.1) is 0 Å². The fourth-order valence-corrected chi connectivity index (χ4v) is 2.57. The van der Waals surface area contributed by atoms with Gasteiger partial charge in [0.1, 0.15) is 0 Å². The monoisotopic (exact) mass is 271 g/mol. The number of carbonyl (C=O) groups is 1. The van der Waals surface area contributed by atoms with E-state index in [-0.39, 0.29) is 5.92 Å². The topological polar surface area (TPSA) is 40.5 Å². The zero-order chi connectivity index (χ0) is 14.5. The normalized spacial score (nSPS) is 18.5. The maximum atomic E-state index is 11.6. The molecule has 20 heavy (non-hydrogen) atoms. The van der Waals surface area contributed by atoms with Gasteiger partial charge in [0, 0.05) is 24.4 Å². The third kappa shape index (κ3) is 2.93. The van der Waals surface area contributed by atoms with Crippen LogP contribution in [0.25, 0.3) is 0 Å². The van der Waals surface area contributed by atoms with Crippen LogP contribution in [-0.4, -0.2) is 22.5 Å². The number of aliphatic carboxylic acids is 1. The number of unbranched alkanes of at least 4 members (excludes halogenated alkanes) is 1. The highest BCUT2D eigenvalue weighted by Crippen LogP contribution is 2.33. The number of carboxylic acid groups (broad SMARTS) is 1. The SMILES string of the molecule is CCCCN1C=CC(c2ccccc2)C(C(=O)O)=C1C. The Bertz CT molecular complexity index is 531. The zero-order valence-corrected chi connectivity index (χ0v) is 12.0. The second kappa shape index (κ2) is 6.42. The lowest BCUT2D eigenvalue weighted by Crippen LogP contribution is -2.26. The summed E-state index contributed by atoms with van der Waals surface area (Å²) < 4.78 is 0. The molecule has 0 spiro atoms. The Hall–Kier alpha value is -2.03. The van der Waals surface area contributed by atoms with E-state index in [1.54, 1.807) is 0 Å². The molecular weight excluding hydrogens is 250 g/mol. The lowest BCUT2D eigenvalue weighted by molar-refractivity contribution is -0.133. The minimum atomic E-state index is -0.831. The number of hydrogen-bond acceptors (Lipinski definition) is 2.